The fourth-order valence-electron chi connectivity index (χ4n) is 4.63. The van der Waals surface area contributed by atoms with E-state index < -0.39 is 4.92 Å². The van der Waals surface area contributed by atoms with Gasteiger partial charge in [-0.05, 0) is 37.1 Å². The number of rotatable bonds is 4. The number of amides is 2. The predicted octanol–water partition coefficient (Wildman–Crippen LogP) is 2.76. The molecule has 2 aliphatic heterocycles. The van der Waals surface area contributed by atoms with Gasteiger partial charge in [0, 0.05) is 42.8 Å². The number of carbonyl (C=O) groups is 2. The Hall–Kier alpha value is -2.61. The van der Waals surface area contributed by atoms with Crippen molar-refractivity contribution in [2.45, 2.75) is 38.1 Å². The van der Waals surface area contributed by atoms with E-state index in [0.29, 0.717) is 36.8 Å². The van der Waals surface area contributed by atoms with E-state index in [9.17, 15) is 19.7 Å². The minimum atomic E-state index is -0.415. The van der Waals surface area contributed by atoms with E-state index in [1.54, 1.807) is 39.0 Å². The topological polar surface area (TPSA) is 87.0 Å². The first kappa shape index (κ1) is 20.7. The molecule has 1 aliphatic carbocycles. The lowest BCUT2D eigenvalue weighted by molar-refractivity contribution is -0.428. The zero-order chi connectivity index (χ0) is 21.3. The lowest BCUT2D eigenvalue weighted by Gasteiger charge is -2.36. The average Bonchev–Trinajstić information content (AvgIpc) is 3.12. The van der Waals surface area contributed by atoms with Gasteiger partial charge in [-0.25, -0.2) is 0 Å². The lowest BCUT2D eigenvalue weighted by atomic mass is 9.94. The number of piperazine rings is 1. The van der Waals surface area contributed by atoms with Crippen molar-refractivity contribution < 1.29 is 14.5 Å². The molecule has 0 aromatic heterocycles. The summed E-state index contributed by atoms with van der Waals surface area (Å²) in [6, 6.07) is 6.82. The fourth-order valence-corrected chi connectivity index (χ4v) is 4.75. The molecule has 2 heterocycles. The van der Waals surface area contributed by atoms with Crippen LogP contribution in [0, 0.1) is 10.1 Å². The number of hydrogen-bond acceptors (Lipinski definition) is 5. The Balaban J connectivity index is 1.45. The summed E-state index contributed by atoms with van der Waals surface area (Å²) in [5.41, 5.74) is 0.755. The summed E-state index contributed by atoms with van der Waals surface area (Å²) in [6.45, 7) is 1.70. The van der Waals surface area contributed by atoms with E-state index in [4.69, 9.17) is 11.6 Å². The normalized spacial score (nSPS) is 20.8. The van der Waals surface area contributed by atoms with Gasteiger partial charge in [0.25, 0.3) is 17.5 Å². The van der Waals surface area contributed by atoms with E-state index >= 15 is 0 Å². The zero-order valence-corrected chi connectivity index (χ0v) is 17.5. The van der Waals surface area contributed by atoms with Crippen molar-refractivity contribution in [2.24, 2.45) is 0 Å². The molecule has 1 aromatic carbocycles. The zero-order valence-electron chi connectivity index (χ0n) is 16.8. The first-order valence-electron chi connectivity index (χ1n) is 10.4. The van der Waals surface area contributed by atoms with Crippen molar-refractivity contribution >= 4 is 23.4 Å². The molecular formula is C21H25ClN4O4. The van der Waals surface area contributed by atoms with Crippen LogP contribution in [0.3, 0.4) is 0 Å². The monoisotopic (exact) mass is 432 g/mol. The third-order valence-electron chi connectivity index (χ3n) is 6.27. The molecule has 0 spiro atoms. The van der Waals surface area contributed by atoms with E-state index in [1.165, 1.54) is 0 Å². The Morgan fingerprint density at radius 1 is 1.03 bits per heavy atom. The number of nitrogens with zero attached hydrogens (tertiary/aromatic N) is 4. The summed E-state index contributed by atoms with van der Waals surface area (Å²) in [7, 11) is 0. The minimum absolute atomic E-state index is 0.0111. The summed E-state index contributed by atoms with van der Waals surface area (Å²) in [6.07, 6.45) is 5.09. The first-order valence-corrected chi connectivity index (χ1v) is 10.8. The van der Waals surface area contributed by atoms with Gasteiger partial charge in [0.1, 0.15) is 6.54 Å². The van der Waals surface area contributed by atoms with Gasteiger partial charge in [-0.1, -0.05) is 30.9 Å². The van der Waals surface area contributed by atoms with Gasteiger partial charge in [-0.3, -0.25) is 19.7 Å². The smallest absolute Gasteiger partial charge is 0.294 e. The second-order valence-corrected chi connectivity index (χ2v) is 8.50. The molecule has 0 radical (unpaired) electrons. The van der Waals surface area contributed by atoms with Gasteiger partial charge in [-0.2, -0.15) is 0 Å². The molecule has 3 aliphatic rings. The maximum absolute atomic E-state index is 13.1. The summed E-state index contributed by atoms with van der Waals surface area (Å²) >= 11 is 5.89. The van der Waals surface area contributed by atoms with Crippen molar-refractivity contribution in [3.63, 3.8) is 0 Å². The van der Waals surface area contributed by atoms with Crippen molar-refractivity contribution in [3.05, 3.63) is 56.4 Å². The van der Waals surface area contributed by atoms with Crippen LogP contribution in [0.25, 0.3) is 0 Å². The van der Waals surface area contributed by atoms with Crippen LogP contribution in [0.15, 0.2) is 35.7 Å². The Labute approximate surface area is 180 Å². The lowest BCUT2D eigenvalue weighted by Crippen LogP contribution is -2.50. The molecule has 4 rings (SSSR count). The molecule has 0 unspecified atom stereocenters. The Bertz CT molecular complexity index is 871. The summed E-state index contributed by atoms with van der Waals surface area (Å²) < 4.78 is 0. The van der Waals surface area contributed by atoms with Gasteiger partial charge in [0.15, 0.2) is 5.70 Å². The second kappa shape index (κ2) is 8.63. The molecule has 0 bridgehead atoms. The second-order valence-electron chi connectivity index (χ2n) is 8.06. The predicted molar refractivity (Wildman–Crippen MR) is 112 cm³/mol. The standard InChI is InChI=1S/C21H25ClN4O4/c22-16-8-6-15(7-9-16)20(27)24-12-10-23(11-13-24)19-18(26(29)30)14-25(21(19)28)17-4-2-1-3-5-17/h6-9,17H,1-5,10-14H2. The van der Waals surface area contributed by atoms with Gasteiger partial charge in [0.2, 0.25) is 0 Å². The third-order valence-corrected chi connectivity index (χ3v) is 6.52. The molecule has 0 N–H and O–H groups in total. The third kappa shape index (κ3) is 4.01. The number of halogens is 1. The maximum atomic E-state index is 13.1. The summed E-state index contributed by atoms with van der Waals surface area (Å²) in [5, 5.41) is 12.2. The molecule has 1 aromatic rings. The van der Waals surface area contributed by atoms with Crippen LogP contribution in [-0.4, -0.2) is 70.2 Å². The highest BCUT2D eigenvalue weighted by Gasteiger charge is 2.44. The molecule has 1 saturated carbocycles. The molecule has 0 atom stereocenters. The van der Waals surface area contributed by atoms with E-state index in [0.717, 1.165) is 32.1 Å². The van der Waals surface area contributed by atoms with E-state index in [2.05, 4.69) is 0 Å². The number of hydrogen-bond donors (Lipinski definition) is 0. The van der Waals surface area contributed by atoms with Gasteiger partial charge >= 0.3 is 0 Å². The Kier molecular flexibility index (Phi) is 5.94. The van der Waals surface area contributed by atoms with Crippen molar-refractivity contribution in [1.82, 2.24) is 14.7 Å². The average molecular weight is 433 g/mol. The highest BCUT2D eigenvalue weighted by atomic mass is 35.5. The van der Waals surface area contributed by atoms with Gasteiger partial charge in [-0.15, -0.1) is 0 Å². The van der Waals surface area contributed by atoms with Crippen LogP contribution in [-0.2, 0) is 4.79 Å². The highest BCUT2D eigenvalue weighted by molar-refractivity contribution is 6.30. The molecule has 30 heavy (non-hydrogen) atoms. The van der Waals surface area contributed by atoms with Crippen LogP contribution >= 0.6 is 11.6 Å². The summed E-state index contributed by atoms with van der Waals surface area (Å²) in [4.78, 5) is 42.3. The summed E-state index contributed by atoms with van der Waals surface area (Å²) in [5.74, 6) is -0.331. The maximum Gasteiger partial charge on any atom is 0.294 e. The number of benzene rings is 1. The Morgan fingerprint density at radius 2 is 1.67 bits per heavy atom. The quantitative estimate of drug-likeness (QED) is 0.539. The van der Waals surface area contributed by atoms with Crippen LogP contribution in [0.1, 0.15) is 42.5 Å². The molecular weight excluding hydrogens is 408 g/mol. The van der Waals surface area contributed by atoms with Gasteiger partial charge in [0.05, 0.1) is 4.92 Å². The van der Waals surface area contributed by atoms with Crippen molar-refractivity contribution in [3.8, 4) is 0 Å². The van der Waals surface area contributed by atoms with Crippen molar-refractivity contribution in [2.75, 3.05) is 32.7 Å². The molecule has 1 saturated heterocycles. The minimum Gasteiger partial charge on any atom is -0.358 e. The number of nitro groups is 1. The fraction of sp³-hybridized carbons (Fsp3) is 0.524. The van der Waals surface area contributed by atoms with E-state index in [-0.39, 0.29) is 35.8 Å². The van der Waals surface area contributed by atoms with Crippen LogP contribution in [0.2, 0.25) is 5.02 Å². The molecule has 2 amide bonds. The molecule has 8 nitrogen and oxygen atoms in total. The van der Waals surface area contributed by atoms with Gasteiger partial charge < -0.3 is 14.7 Å². The molecule has 9 heteroatoms. The van der Waals surface area contributed by atoms with Crippen LogP contribution in [0.4, 0.5) is 0 Å². The SMILES string of the molecule is O=C(c1ccc(Cl)cc1)N1CCN(C2=C([N+](=O)[O-])CN(C3CCCCC3)C2=O)CC1. The molecule has 160 valence electrons. The molecule has 2 fully saturated rings. The van der Waals surface area contributed by atoms with Crippen LogP contribution in [0.5, 0.6) is 0 Å². The number of carbonyl (C=O) groups excluding carboxylic acids is 2. The van der Waals surface area contributed by atoms with E-state index in [1.807, 2.05) is 0 Å². The van der Waals surface area contributed by atoms with Crippen molar-refractivity contribution in [1.29, 1.82) is 0 Å². The highest BCUT2D eigenvalue weighted by Crippen LogP contribution is 2.31. The first-order chi connectivity index (χ1) is 14.5. The van der Waals surface area contributed by atoms with Crippen LogP contribution < -0.4 is 0 Å². The largest absolute Gasteiger partial charge is 0.358 e. The Morgan fingerprint density at radius 3 is 2.27 bits per heavy atom.